The monoisotopic (exact) mass is 228 g/mol. The molecule has 2 aromatic rings. The molecular weight excluding hydrogens is 220 g/mol. The van der Waals surface area contributed by atoms with E-state index in [2.05, 4.69) is 10.3 Å². The minimum Gasteiger partial charge on any atom is -0.395 e. The van der Waals surface area contributed by atoms with E-state index < -0.39 is 4.92 Å². The van der Waals surface area contributed by atoms with Gasteiger partial charge in [0.15, 0.2) is 0 Å². The molecule has 0 atom stereocenters. The lowest BCUT2D eigenvalue weighted by molar-refractivity contribution is -0.389. The van der Waals surface area contributed by atoms with Gasteiger partial charge in [0.25, 0.3) is 4.96 Å². The molecule has 0 saturated carbocycles. The fourth-order valence-electron chi connectivity index (χ4n) is 1.24. The Balaban J connectivity index is 2.47. The molecule has 0 aromatic carbocycles. The highest BCUT2D eigenvalue weighted by molar-refractivity contribution is 7.15. The molecule has 0 saturated heterocycles. The SMILES string of the molecule is O=[N+]([O-])c1c(NCCO)nc2sccn12. The van der Waals surface area contributed by atoms with Crippen LogP contribution >= 0.6 is 11.3 Å². The Kier molecular flexibility index (Phi) is 2.52. The molecule has 2 N–H and O–H groups in total. The second-order valence-corrected chi connectivity index (χ2v) is 3.62. The molecule has 2 heterocycles. The fraction of sp³-hybridized carbons (Fsp3) is 0.286. The first-order valence-electron chi connectivity index (χ1n) is 4.18. The number of nitrogens with one attached hydrogen (secondary N) is 1. The van der Waals surface area contributed by atoms with Crippen molar-refractivity contribution in [2.45, 2.75) is 0 Å². The van der Waals surface area contributed by atoms with Crippen LogP contribution in [0.15, 0.2) is 11.6 Å². The molecule has 2 aromatic heterocycles. The van der Waals surface area contributed by atoms with Crippen molar-refractivity contribution in [2.75, 3.05) is 18.5 Å². The van der Waals surface area contributed by atoms with Crippen molar-refractivity contribution in [1.82, 2.24) is 9.38 Å². The third kappa shape index (κ3) is 1.64. The Hall–Kier alpha value is -1.67. The molecule has 8 heteroatoms. The van der Waals surface area contributed by atoms with Gasteiger partial charge in [0.1, 0.15) is 6.20 Å². The van der Waals surface area contributed by atoms with Gasteiger partial charge in [-0.05, 0) is 4.92 Å². The van der Waals surface area contributed by atoms with Crippen LogP contribution in [0.5, 0.6) is 0 Å². The number of nitro groups is 1. The Labute approximate surface area is 88.1 Å². The van der Waals surface area contributed by atoms with Crippen molar-refractivity contribution >= 4 is 27.9 Å². The minimum absolute atomic E-state index is 0.0949. The van der Waals surface area contributed by atoms with Crippen LogP contribution < -0.4 is 5.32 Å². The van der Waals surface area contributed by atoms with E-state index in [1.807, 2.05) is 0 Å². The van der Waals surface area contributed by atoms with E-state index in [1.165, 1.54) is 15.7 Å². The second-order valence-electron chi connectivity index (χ2n) is 2.75. The summed E-state index contributed by atoms with van der Waals surface area (Å²) in [6, 6.07) is 0. The smallest absolute Gasteiger partial charge is 0.372 e. The average molecular weight is 228 g/mol. The summed E-state index contributed by atoms with van der Waals surface area (Å²) in [6.07, 6.45) is 1.59. The lowest BCUT2D eigenvalue weighted by Gasteiger charge is -1.99. The lowest BCUT2D eigenvalue weighted by Crippen LogP contribution is -2.07. The van der Waals surface area contributed by atoms with Crippen LogP contribution in [0, 0.1) is 10.1 Å². The summed E-state index contributed by atoms with van der Waals surface area (Å²) in [6.45, 7) is 0.147. The number of thiazole rings is 1. The number of imidazole rings is 1. The van der Waals surface area contributed by atoms with Gasteiger partial charge < -0.3 is 20.5 Å². The number of fused-ring (bicyclic) bond motifs is 1. The highest BCUT2D eigenvalue weighted by atomic mass is 32.1. The number of aliphatic hydroxyl groups is 1. The first-order chi connectivity index (χ1) is 7.24. The van der Waals surface area contributed by atoms with E-state index in [1.54, 1.807) is 11.6 Å². The largest absolute Gasteiger partial charge is 0.395 e. The molecule has 7 nitrogen and oxygen atoms in total. The van der Waals surface area contributed by atoms with Crippen molar-refractivity contribution in [1.29, 1.82) is 0 Å². The van der Waals surface area contributed by atoms with Crippen LogP contribution in [0.1, 0.15) is 0 Å². The van der Waals surface area contributed by atoms with Gasteiger partial charge in [-0.25, -0.2) is 0 Å². The van der Waals surface area contributed by atoms with Gasteiger partial charge in [-0.15, -0.1) is 0 Å². The van der Waals surface area contributed by atoms with Gasteiger partial charge in [-0.1, -0.05) is 11.3 Å². The zero-order valence-electron chi connectivity index (χ0n) is 7.58. The predicted octanol–water partition coefficient (Wildman–Crippen LogP) is 0.708. The van der Waals surface area contributed by atoms with E-state index in [0.717, 1.165) is 0 Å². The van der Waals surface area contributed by atoms with Crippen molar-refractivity contribution < 1.29 is 10.0 Å². The average Bonchev–Trinajstić information content (AvgIpc) is 2.72. The fourth-order valence-corrected chi connectivity index (χ4v) is 1.95. The van der Waals surface area contributed by atoms with E-state index in [0.29, 0.717) is 4.96 Å². The Morgan fingerprint density at radius 2 is 2.53 bits per heavy atom. The first kappa shape index (κ1) is 9.87. The molecule has 0 radical (unpaired) electrons. The number of nitrogens with zero attached hydrogens (tertiary/aromatic N) is 3. The molecule has 0 fully saturated rings. The molecule has 0 aliphatic heterocycles. The molecular formula is C7H8N4O3S. The van der Waals surface area contributed by atoms with E-state index in [4.69, 9.17) is 5.11 Å². The normalized spacial score (nSPS) is 10.7. The van der Waals surface area contributed by atoms with Gasteiger partial charge >= 0.3 is 5.82 Å². The lowest BCUT2D eigenvalue weighted by atomic mass is 10.6. The Morgan fingerprint density at radius 1 is 1.73 bits per heavy atom. The zero-order valence-corrected chi connectivity index (χ0v) is 8.40. The van der Waals surface area contributed by atoms with E-state index in [-0.39, 0.29) is 24.8 Å². The molecule has 2 rings (SSSR count). The summed E-state index contributed by atoms with van der Waals surface area (Å²) >= 11 is 1.32. The number of hydrogen-bond donors (Lipinski definition) is 2. The topological polar surface area (TPSA) is 92.7 Å². The Bertz CT molecular complexity index is 491. The molecule has 80 valence electrons. The van der Waals surface area contributed by atoms with Crippen molar-refractivity contribution in [3.05, 3.63) is 21.7 Å². The first-order valence-corrected chi connectivity index (χ1v) is 5.06. The number of aromatic nitrogens is 2. The van der Waals surface area contributed by atoms with Crippen molar-refractivity contribution in [3.63, 3.8) is 0 Å². The maximum atomic E-state index is 10.8. The van der Waals surface area contributed by atoms with Crippen LogP contribution in [0.25, 0.3) is 4.96 Å². The van der Waals surface area contributed by atoms with Gasteiger partial charge in [-0.3, -0.25) is 0 Å². The number of rotatable bonds is 4. The molecule has 0 aliphatic rings. The van der Waals surface area contributed by atoms with Gasteiger partial charge in [-0.2, -0.15) is 9.38 Å². The van der Waals surface area contributed by atoms with Crippen LogP contribution in [-0.4, -0.2) is 32.6 Å². The Morgan fingerprint density at radius 3 is 3.20 bits per heavy atom. The second kappa shape index (κ2) is 3.83. The third-order valence-electron chi connectivity index (χ3n) is 1.81. The summed E-state index contributed by atoms with van der Waals surface area (Å²) in [5.74, 6) is 0.0978. The summed E-state index contributed by atoms with van der Waals surface area (Å²) in [7, 11) is 0. The van der Waals surface area contributed by atoms with Crippen LogP contribution in [0.3, 0.4) is 0 Å². The maximum Gasteiger partial charge on any atom is 0.372 e. The van der Waals surface area contributed by atoms with Crippen LogP contribution in [0.4, 0.5) is 11.6 Å². The molecule has 0 spiro atoms. The van der Waals surface area contributed by atoms with Gasteiger partial charge in [0, 0.05) is 11.9 Å². The standard InChI is InChI=1S/C7H8N4O3S/c12-3-1-8-5-6(11(13)14)10-2-4-15-7(10)9-5/h2,4,8,12H,1,3H2. The third-order valence-corrected chi connectivity index (χ3v) is 2.57. The molecule has 0 bridgehead atoms. The summed E-state index contributed by atoms with van der Waals surface area (Å²) in [5.41, 5.74) is 0. The zero-order chi connectivity index (χ0) is 10.8. The van der Waals surface area contributed by atoms with Crippen molar-refractivity contribution in [2.24, 2.45) is 0 Å². The van der Waals surface area contributed by atoms with Crippen molar-refractivity contribution in [3.8, 4) is 0 Å². The van der Waals surface area contributed by atoms with Crippen LogP contribution in [-0.2, 0) is 0 Å². The molecule has 0 unspecified atom stereocenters. The number of aliphatic hydroxyl groups excluding tert-OH is 1. The number of anilines is 1. The summed E-state index contributed by atoms with van der Waals surface area (Å²) in [5, 5.41) is 23.9. The number of hydrogen-bond acceptors (Lipinski definition) is 6. The van der Waals surface area contributed by atoms with E-state index >= 15 is 0 Å². The highest BCUT2D eigenvalue weighted by Crippen LogP contribution is 2.27. The quantitative estimate of drug-likeness (QED) is 0.593. The summed E-state index contributed by atoms with van der Waals surface area (Å²) < 4.78 is 1.41. The molecule has 0 amide bonds. The highest BCUT2D eigenvalue weighted by Gasteiger charge is 2.22. The molecule has 15 heavy (non-hydrogen) atoms. The predicted molar refractivity (Wildman–Crippen MR) is 55.3 cm³/mol. The van der Waals surface area contributed by atoms with Gasteiger partial charge in [0.05, 0.1) is 6.61 Å². The molecule has 0 aliphatic carbocycles. The van der Waals surface area contributed by atoms with Crippen LogP contribution in [0.2, 0.25) is 0 Å². The van der Waals surface area contributed by atoms with E-state index in [9.17, 15) is 10.1 Å². The maximum absolute atomic E-state index is 10.8. The van der Waals surface area contributed by atoms with Gasteiger partial charge in [0.2, 0.25) is 5.82 Å². The minimum atomic E-state index is -0.494. The summed E-state index contributed by atoms with van der Waals surface area (Å²) in [4.78, 5) is 14.9.